The number of halogens is 2. The number of rotatable bonds is 4. The van der Waals surface area contributed by atoms with Crippen molar-refractivity contribution < 1.29 is 18.6 Å². The highest BCUT2D eigenvalue weighted by atomic mass is 35.5. The number of urea groups is 1. The van der Waals surface area contributed by atoms with Crippen molar-refractivity contribution in [3.8, 4) is 0 Å². The summed E-state index contributed by atoms with van der Waals surface area (Å²) < 4.78 is 14.6. The van der Waals surface area contributed by atoms with Crippen molar-refractivity contribution in [1.82, 2.24) is 4.90 Å². The molecule has 1 atom stereocenters. The summed E-state index contributed by atoms with van der Waals surface area (Å²) in [5.41, 5.74) is 1.36. The number of hydrogen-bond donors (Lipinski definition) is 0. The second-order valence-corrected chi connectivity index (χ2v) is 6.76. The van der Waals surface area contributed by atoms with Crippen LogP contribution in [0.4, 0.5) is 9.18 Å². The van der Waals surface area contributed by atoms with Gasteiger partial charge in [0.25, 0.3) is 5.84 Å². The van der Waals surface area contributed by atoms with Crippen molar-refractivity contribution in [2.75, 3.05) is 0 Å². The first kappa shape index (κ1) is 18.2. The highest BCUT2D eigenvalue weighted by molar-refractivity contribution is 6.31. The van der Waals surface area contributed by atoms with Gasteiger partial charge in [0.1, 0.15) is 25.1 Å². The zero-order valence-corrected chi connectivity index (χ0v) is 15.4. The van der Waals surface area contributed by atoms with Gasteiger partial charge in [0.15, 0.2) is 0 Å². The van der Waals surface area contributed by atoms with Gasteiger partial charge in [-0.05, 0) is 23.8 Å². The number of hydrogen-bond acceptors (Lipinski definition) is 4. The van der Waals surface area contributed by atoms with E-state index in [4.69, 9.17) is 11.6 Å². The molecule has 8 heteroatoms. The van der Waals surface area contributed by atoms with Crippen molar-refractivity contribution in [2.45, 2.75) is 19.1 Å². The Kier molecular flexibility index (Phi) is 4.83. The maximum Gasteiger partial charge on any atom is 0.446 e. The number of fused-ring (bicyclic) bond motifs is 1. The normalized spacial score (nSPS) is 18.6. The summed E-state index contributed by atoms with van der Waals surface area (Å²) in [7, 11) is 0. The molecule has 0 spiro atoms. The molecule has 2 aromatic carbocycles. The van der Waals surface area contributed by atoms with Crippen LogP contribution in [0.1, 0.15) is 11.1 Å². The molecule has 0 saturated heterocycles. The maximum absolute atomic E-state index is 13.2. The van der Waals surface area contributed by atoms with Crippen molar-refractivity contribution in [3.05, 3.63) is 70.5 Å². The van der Waals surface area contributed by atoms with E-state index in [0.29, 0.717) is 10.6 Å². The van der Waals surface area contributed by atoms with Crippen molar-refractivity contribution >= 4 is 41.8 Å². The number of carbonyl (C=O) groups is 2. The summed E-state index contributed by atoms with van der Waals surface area (Å²) in [6, 6.07) is 11.4. The first-order valence-electron chi connectivity index (χ1n) is 8.58. The van der Waals surface area contributed by atoms with Crippen molar-refractivity contribution in [2.24, 2.45) is 9.98 Å². The molecule has 0 aliphatic carbocycles. The molecule has 1 unspecified atom stereocenters. The Bertz CT molecular complexity index is 1050. The first-order chi connectivity index (χ1) is 13.5. The van der Waals surface area contributed by atoms with Gasteiger partial charge in [0.2, 0.25) is 6.04 Å². The van der Waals surface area contributed by atoms with Gasteiger partial charge >= 0.3 is 11.9 Å². The Morgan fingerprint density at radius 2 is 1.82 bits per heavy atom. The number of aliphatic imine (C=N–C) groups is 2. The van der Waals surface area contributed by atoms with Crippen LogP contribution in [0.5, 0.6) is 0 Å². The van der Waals surface area contributed by atoms with Gasteiger partial charge in [-0.15, -0.1) is 4.99 Å². The van der Waals surface area contributed by atoms with E-state index in [1.807, 2.05) is 12.1 Å². The molecule has 6 nitrogen and oxygen atoms in total. The molecule has 0 fully saturated rings. The number of benzene rings is 2. The number of carbonyl (C=O) groups excluding carboxylic acids is 2. The summed E-state index contributed by atoms with van der Waals surface area (Å²) in [6.45, 7) is 0.171. The van der Waals surface area contributed by atoms with Gasteiger partial charge in [-0.3, -0.25) is 9.79 Å². The highest BCUT2D eigenvalue weighted by Crippen LogP contribution is 2.21. The molecular formula is C20H15ClFN4O2+. The molecule has 0 radical (unpaired) electrons. The van der Waals surface area contributed by atoms with Gasteiger partial charge in [-0.2, -0.15) is 9.48 Å². The highest BCUT2D eigenvalue weighted by Gasteiger charge is 2.47. The molecule has 28 heavy (non-hydrogen) atoms. The average Bonchev–Trinajstić information content (AvgIpc) is 2.71. The zero-order valence-electron chi connectivity index (χ0n) is 14.6. The lowest BCUT2D eigenvalue weighted by molar-refractivity contribution is -0.457. The SMILES string of the molecule is O=C1C2N=CC=NC2=[N+](Cc2ccccc2Cl)C(=O)N1Cc1ccc(F)cc1. The summed E-state index contributed by atoms with van der Waals surface area (Å²) >= 11 is 6.24. The van der Waals surface area contributed by atoms with Crippen LogP contribution in [0.25, 0.3) is 0 Å². The summed E-state index contributed by atoms with van der Waals surface area (Å²) in [4.78, 5) is 35.5. The van der Waals surface area contributed by atoms with Gasteiger partial charge < -0.3 is 0 Å². The van der Waals surface area contributed by atoms with Crippen LogP contribution in [-0.4, -0.2) is 45.7 Å². The second-order valence-electron chi connectivity index (χ2n) is 6.35. The number of nitrogens with zero attached hydrogens (tertiary/aromatic N) is 4. The zero-order chi connectivity index (χ0) is 19.7. The van der Waals surface area contributed by atoms with Gasteiger partial charge in [-0.25, -0.2) is 9.18 Å². The summed E-state index contributed by atoms with van der Waals surface area (Å²) in [5, 5.41) is 0.512. The second kappa shape index (κ2) is 7.44. The molecule has 3 amide bonds. The Hall–Kier alpha value is -3.19. The average molecular weight is 398 g/mol. The van der Waals surface area contributed by atoms with E-state index < -0.39 is 18.0 Å². The molecule has 0 aromatic heterocycles. The Labute approximate surface area is 165 Å². The lowest BCUT2D eigenvalue weighted by atomic mass is 10.1. The van der Waals surface area contributed by atoms with Gasteiger partial charge in [0.05, 0.1) is 6.21 Å². The molecule has 2 aromatic rings. The van der Waals surface area contributed by atoms with Crippen LogP contribution < -0.4 is 0 Å². The quantitative estimate of drug-likeness (QED) is 0.744. The van der Waals surface area contributed by atoms with E-state index >= 15 is 0 Å². The number of imide groups is 1. The first-order valence-corrected chi connectivity index (χ1v) is 8.96. The number of amides is 3. The fourth-order valence-electron chi connectivity index (χ4n) is 3.11. The van der Waals surface area contributed by atoms with Gasteiger partial charge in [-0.1, -0.05) is 41.9 Å². The lowest BCUT2D eigenvalue weighted by Gasteiger charge is -2.26. The van der Waals surface area contributed by atoms with E-state index in [2.05, 4.69) is 9.98 Å². The maximum atomic E-state index is 13.2. The number of amidine groups is 1. The molecule has 2 aliphatic rings. The largest absolute Gasteiger partial charge is 0.446 e. The van der Waals surface area contributed by atoms with E-state index in [-0.39, 0.29) is 24.7 Å². The molecule has 0 N–H and O–H groups in total. The van der Waals surface area contributed by atoms with Gasteiger partial charge in [0, 0.05) is 10.6 Å². The summed E-state index contributed by atoms with van der Waals surface area (Å²) in [6.07, 6.45) is 2.88. The van der Waals surface area contributed by atoms with E-state index in [1.54, 1.807) is 12.1 Å². The van der Waals surface area contributed by atoms with Crippen molar-refractivity contribution in [1.29, 1.82) is 0 Å². The lowest BCUT2D eigenvalue weighted by Crippen LogP contribution is -2.56. The van der Waals surface area contributed by atoms with Crippen LogP contribution in [0.15, 0.2) is 58.5 Å². The topological polar surface area (TPSA) is 65.1 Å². The smallest absolute Gasteiger partial charge is 0.264 e. The fraction of sp³-hybridized carbons (Fsp3) is 0.150. The third-order valence-electron chi connectivity index (χ3n) is 4.53. The molecule has 140 valence electrons. The molecule has 2 heterocycles. The minimum Gasteiger partial charge on any atom is -0.264 e. The van der Waals surface area contributed by atoms with E-state index in [1.165, 1.54) is 41.3 Å². The minimum atomic E-state index is -0.898. The molecule has 2 aliphatic heterocycles. The van der Waals surface area contributed by atoms with Crippen LogP contribution in [0, 0.1) is 5.82 Å². The third-order valence-corrected chi connectivity index (χ3v) is 4.90. The minimum absolute atomic E-state index is 0.0139. The van der Waals surface area contributed by atoms with Crippen LogP contribution in [-0.2, 0) is 17.9 Å². The molecule has 4 rings (SSSR count). The monoisotopic (exact) mass is 397 g/mol. The fourth-order valence-corrected chi connectivity index (χ4v) is 3.31. The Morgan fingerprint density at radius 3 is 2.57 bits per heavy atom. The van der Waals surface area contributed by atoms with Crippen LogP contribution in [0.3, 0.4) is 0 Å². The summed E-state index contributed by atoms with van der Waals surface area (Å²) in [5.74, 6) is -0.581. The standard InChI is InChI=1S/C20H15ClFN4O2/c21-16-4-2-1-3-14(16)12-25-18-17(23-9-10-24-18)19(27)26(20(25)28)11-13-5-7-15(22)8-6-13/h1-10,17H,11-12H2/q+1. The van der Waals surface area contributed by atoms with Crippen LogP contribution >= 0.6 is 11.6 Å². The third kappa shape index (κ3) is 3.36. The van der Waals surface area contributed by atoms with E-state index in [9.17, 15) is 14.0 Å². The molecule has 0 saturated carbocycles. The molecule has 0 bridgehead atoms. The predicted octanol–water partition coefficient (Wildman–Crippen LogP) is 3.08. The molecular weight excluding hydrogens is 383 g/mol. The Balaban J connectivity index is 1.72. The van der Waals surface area contributed by atoms with Crippen molar-refractivity contribution in [3.63, 3.8) is 0 Å². The van der Waals surface area contributed by atoms with E-state index in [0.717, 1.165) is 10.5 Å². The Morgan fingerprint density at radius 1 is 1.07 bits per heavy atom. The van der Waals surface area contributed by atoms with Crippen LogP contribution in [0.2, 0.25) is 5.02 Å². The predicted molar refractivity (Wildman–Crippen MR) is 104 cm³/mol.